The lowest BCUT2D eigenvalue weighted by atomic mass is 10.1. The lowest BCUT2D eigenvalue weighted by molar-refractivity contribution is 0.0205. The molecule has 0 bridgehead atoms. The molecule has 1 saturated heterocycles. The molecule has 1 aliphatic heterocycles. The van der Waals surface area contributed by atoms with Crippen LogP contribution < -0.4 is 4.74 Å². The van der Waals surface area contributed by atoms with Crippen molar-refractivity contribution in [2.75, 3.05) is 19.6 Å². The second-order valence-corrected chi connectivity index (χ2v) is 5.52. The Bertz CT molecular complexity index is 573. The number of benzene rings is 1. The van der Waals surface area contributed by atoms with Crippen LogP contribution >= 0.6 is 0 Å². The molecule has 1 aliphatic rings. The number of aryl methyl sites for hydroxylation is 2. The average Bonchev–Trinajstić information content (AvgIpc) is 2.78. The Hall–Kier alpha value is -1.81. The van der Waals surface area contributed by atoms with Crippen LogP contribution in [-0.4, -0.2) is 40.2 Å². The summed E-state index contributed by atoms with van der Waals surface area (Å²) < 4.78 is 8.04. The van der Waals surface area contributed by atoms with E-state index in [0.29, 0.717) is 6.10 Å². The monoisotopic (exact) mass is 271 g/mol. The van der Waals surface area contributed by atoms with E-state index < -0.39 is 0 Å². The number of aromatic nitrogens is 2. The smallest absolute Gasteiger partial charge is 0.124 e. The zero-order valence-corrected chi connectivity index (χ0v) is 12.1. The largest absolute Gasteiger partial charge is 0.488 e. The SMILES string of the molecule is Cc1cccc(OC2CN(CCc3nccn3C)C2)c1. The molecule has 20 heavy (non-hydrogen) atoms. The fourth-order valence-corrected chi connectivity index (χ4v) is 2.56. The van der Waals surface area contributed by atoms with E-state index in [-0.39, 0.29) is 0 Å². The van der Waals surface area contributed by atoms with Crippen molar-refractivity contribution in [3.63, 3.8) is 0 Å². The van der Waals surface area contributed by atoms with Crippen LogP contribution in [0.4, 0.5) is 0 Å². The van der Waals surface area contributed by atoms with E-state index in [1.165, 1.54) is 5.56 Å². The molecule has 4 nitrogen and oxygen atoms in total. The highest BCUT2D eigenvalue weighted by molar-refractivity contribution is 5.27. The third kappa shape index (κ3) is 3.02. The summed E-state index contributed by atoms with van der Waals surface area (Å²) in [5.74, 6) is 2.13. The maximum atomic E-state index is 5.96. The zero-order chi connectivity index (χ0) is 13.9. The van der Waals surface area contributed by atoms with E-state index in [2.05, 4.69) is 33.5 Å². The van der Waals surface area contributed by atoms with Gasteiger partial charge in [-0.1, -0.05) is 12.1 Å². The fourth-order valence-electron chi connectivity index (χ4n) is 2.56. The van der Waals surface area contributed by atoms with Gasteiger partial charge < -0.3 is 9.30 Å². The van der Waals surface area contributed by atoms with E-state index in [9.17, 15) is 0 Å². The van der Waals surface area contributed by atoms with Gasteiger partial charge in [0.2, 0.25) is 0 Å². The van der Waals surface area contributed by atoms with E-state index >= 15 is 0 Å². The predicted molar refractivity (Wildman–Crippen MR) is 78.9 cm³/mol. The summed E-state index contributed by atoms with van der Waals surface area (Å²) in [7, 11) is 2.04. The molecule has 3 rings (SSSR count). The molecular weight excluding hydrogens is 250 g/mol. The normalized spacial score (nSPS) is 16.1. The molecule has 2 aromatic rings. The molecule has 106 valence electrons. The minimum absolute atomic E-state index is 0.332. The Morgan fingerprint density at radius 2 is 2.20 bits per heavy atom. The van der Waals surface area contributed by atoms with E-state index in [1.54, 1.807) is 0 Å². The first-order valence-electron chi connectivity index (χ1n) is 7.12. The molecule has 0 N–H and O–H groups in total. The van der Waals surface area contributed by atoms with Crippen molar-refractivity contribution >= 4 is 0 Å². The number of ether oxygens (including phenoxy) is 1. The Labute approximate surface area is 120 Å². The first-order chi connectivity index (χ1) is 9.70. The maximum Gasteiger partial charge on any atom is 0.124 e. The Morgan fingerprint density at radius 1 is 1.35 bits per heavy atom. The van der Waals surface area contributed by atoms with Crippen molar-refractivity contribution in [3.05, 3.63) is 48.0 Å². The van der Waals surface area contributed by atoms with Crippen LogP contribution in [0.25, 0.3) is 0 Å². The molecule has 0 amide bonds. The predicted octanol–water partition coefficient (Wildman–Crippen LogP) is 2.03. The molecule has 1 aromatic heterocycles. The molecule has 1 aromatic carbocycles. The molecule has 0 radical (unpaired) electrons. The summed E-state index contributed by atoms with van der Waals surface area (Å²) >= 11 is 0. The number of hydrogen-bond acceptors (Lipinski definition) is 3. The van der Waals surface area contributed by atoms with Crippen LogP contribution in [0.5, 0.6) is 5.75 Å². The van der Waals surface area contributed by atoms with Crippen LogP contribution in [0.15, 0.2) is 36.7 Å². The van der Waals surface area contributed by atoms with Crippen molar-refractivity contribution in [1.29, 1.82) is 0 Å². The van der Waals surface area contributed by atoms with Crippen LogP contribution in [-0.2, 0) is 13.5 Å². The van der Waals surface area contributed by atoms with Crippen LogP contribution in [0.2, 0.25) is 0 Å². The highest BCUT2D eigenvalue weighted by atomic mass is 16.5. The summed E-state index contributed by atoms with van der Waals surface area (Å²) in [5, 5.41) is 0. The highest BCUT2D eigenvalue weighted by Crippen LogP contribution is 2.19. The lowest BCUT2D eigenvalue weighted by Crippen LogP contribution is -2.54. The second-order valence-electron chi connectivity index (χ2n) is 5.52. The van der Waals surface area contributed by atoms with Gasteiger partial charge in [0.05, 0.1) is 0 Å². The number of likely N-dealkylation sites (tertiary alicyclic amines) is 1. The van der Waals surface area contributed by atoms with Crippen LogP contribution in [0, 0.1) is 6.92 Å². The number of hydrogen-bond donors (Lipinski definition) is 0. The Kier molecular flexibility index (Phi) is 3.74. The molecule has 1 fully saturated rings. The van der Waals surface area contributed by atoms with Crippen molar-refractivity contribution in [3.8, 4) is 5.75 Å². The van der Waals surface area contributed by atoms with Crippen molar-refractivity contribution < 1.29 is 4.74 Å². The van der Waals surface area contributed by atoms with Crippen molar-refractivity contribution in [2.45, 2.75) is 19.4 Å². The standard InChI is InChI=1S/C16H21N3O/c1-13-4-3-5-14(10-13)20-15-11-19(12-15)8-6-16-17-7-9-18(16)2/h3-5,7,9-10,15H,6,8,11-12H2,1-2H3. The van der Waals surface area contributed by atoms with Gasteiger partial charge in [-0.3, -0.25) is 4.90 Å². The minimum Gasteiger partial charge on any atom is -0.488 e. The van der Waals surface area contributed by atoms with Gasteiger partial charge in [-0.05, 0) is 24.6 Å². The molecule has 0 atom stereocenters. The maximum absolute atomic E-state index is 5.96. The second kappa shape index (κ2) is 5.67. The van der Waals surface area contributed by atoms with E-state index in [4.69, 9.17) is 4.74 Å². The third-order valence-electron chi connectivity index (χ3n) is 3.79. The molecule has 4 heteroatoms. The topological polar surface area (TPSA) is 30.3 Å². The molecule has 0 spiro atoms. The first-order valence-corrected chi connectivity index (χ1v) is 7.12. The number of nitrogens with zero attached hydrogens (tertiary/aromatic N) is 3. The average molecular weight is 271 g/mol. The summed E-state index contributed by atoms with van der Waals surface area (Å²) in [6.45, 7) is 5.17. The molecule has 0 aliphatic carbocycles. The number of imidazole rings is 1. The third-order valence-corrected chi connectivity index (χ3v) is 3.79. The zero-order valence-electron chi connectivity index (χ0n) is 12.1. The molecular formula is C16H21N3O. The number of rotatable bonds is 5. The van der Waals surface area contributed by atoms with E-state index in [1.807, 2.05) is 31.6 Å². The minimum atomic E-state index is 0.332. The van der Waals surface area contributed by atoms with Crippen LogP contribution in [0.3, 0.4) is 0 Å². The molecule has 0 saturated carbocycles. The highest BCUT2D eigenvalue weighted by Gasteiger charge is 2.28. The van der Waals surface area contributed by atoms with Gasteiger partial charge in [0, 0.05) is 45.5 Å². The van der Waals surface area contributed by atoms with Gasteiger partial charge in [0.1, 0.15) is 17.7 Å². The Balaban J connectivity index is 1.42. The van der Waals surface area contributed by atoms with Crippen molar-refractivity contribution in [1.82, 2.24) is 14.5 Å². The fraction of sp³-hybridized carbons (Fsp3) is 0.438. The summed E-state index contributed by atoms with van der Waals surface area (Å²) in [4.78, 5) is 6.76. The lowest BCUT2D eigenvalue weighted by Gasteiger charge is -2.39. The van der Waals surface area contributed by atoms with Gasteiger partial charge in [0.25, 0.3) is 0 Å². The molecule has 2 heterocycles. The van der Waals surface area contributed by atoms with Crippen molar-refractivity contribution in [2.24, 2.45) is 7.05 Å². The van der Waals surface area contributed by atoms with Gasteiger partial charge in [-0.15, -0.1) is 0 Å². The van der Waals surface area contributed by atoms with Crippen LogP contribution in [0.1, 0.15) is 11.4 Å². The van der Waals surface area contributed by atoms with Gasteiger partial charge in [-0.2, -0.15) is 0 Å². The van der Waals surface area contributed by atoms with Gasteiger partial charge in [0.15, 0.2) is 0 Å². The summed E-state index contributed by atoms with van der Waals surface area (Å²) in [6, 6.07) is 8.26. The molecule has 0 unspecified atom stereocenters. The Morgan fingerprint density at radius 3 is 2.90 bits per heavy atom. The summed E-state index contributed by atoms with van der Waals surface area (Å²) in [6.07, 6.45) is 5.18. The summed E-state index contributed by atoms with van der Waals surface area (Å²) in [5.41, 5.74) is 1.24. The van der Waals surface area contributed by atoms with E-state index in [0.717, 1.165) is 37.6 Å². The van der Waals surface area contributed by atoms with Gasteiger partial charge >= 0.3 is 0 Å². The van der Waals surface area contributed by atoms with Gasteiger partial charge in [-0.25, -0.2) is 4.98 Å². The quantitative estimate of drug-likeness (QED) is 0.833. The first kappa shape index (κ1) is 13.2.